The van der Waals surface area contributed by atoms with E-state index in [9.17, 15) is 4.79 Å². The minimum Gasteiger partial charge on any atom is -0.366 e. The molecule has 1 aromatic carbocycles. The van der Waals surface area contributed by atoms with Crippen LogP contribution in [0.1, 0.15) is 42.5 Å². The molecule has 1 heterocycles. The van der Waals surface area contributed by atoms with Crippen molar-refractivity contribution in [2.75, 3.05) is 0 Å². The van der Waals surface area contributed by atoms with Gasteiger partial charge in [0.25, 0.3) is 5.91 Å². The first-order valence-corrected chi connectivity index (χ1v) is 7.62. The van der Waals surface area contributed by atoms with Crippen molar-refractivity contribution < 1.29 is 4.79 Å². The molecule has 2 N–H and O–H groups in total. The highest BCUT2D eigenvalue weighted by atomic mass is 35.5. The van der Waals surface area contributed by atoms with Gasteiger partial charge in [-0.05, 0) is 24.8 Å². The molecule has 2 aromatic rings. The molecule has 0 aliphatic heterocycles. The predicted molar refractivity (Wildman–Crippen MR) is 82.0 cm³/mol. The zero-order valence-corrected chi connectivity index (χ0v) is 12.2. The number of aromatic nitrogens is 1. The number of para-hydroxylation sites is 1. The molecule has 1 aliphatic rings. The van der Waals surface area contributed by atoms with Crippen LogP contribution in [0, 0.1) is 5.92 Å². The second-order valence-electron chi connectivity index (χ2n) is 5.70. The molecule has 0 spiro atoms. The molecule has 3 rings (SSSR count). The summed E-state index contributed by atoms with van der Waals surface area (Å²) in [6.07, 6.45) is 8.34. The number of benzene rings is 1. The molecule has 1 fully saturated rings. The molecule has 0 bridgehead atoms. The summed E-state index contributed by atoms with van der Waals surface area (Å²) in [5, 5.41) is 1.55. The average Bonchev–Trinajstić information content (AvgIpc) is 2.80. The highest BCUT2D eigenvalue weighted by Gasteiger charge is 2.19. The van der Waals surface area contributed by atoms with Crippen molar-refractivity contribution >= 4 is 28.4 Å². The van der Waals surface area contributed by atoms with Gasteiger partial charge in [-0.3, -0.25) is 4.79 Å². The number of rotatable bonds is 3. The van der Waals surface area contributed by atoms with Crippen molar-refractivity contribution in [3.63, 3.8) is 0 Å². The van der Waals surface area contributed by atoms with Crippen molar-refractivity contribution in [1.82, 2.24) is 4.57 Å². The molecule has 0 radical (unpaired) electrons. The van der Waals surface area contributed by atoms with Gasteiger partial charge in [0, 0.05) is 18.1 Å². The van der Waals surface area contributed by atoms with E-state index >= 15 is 0 Å². The Bertz CT molecular complexity index is 641. The maximum absolute atomic E-state index is 11.6. The number of primary amides is 1. The largest absolute Gasteiger partial charge is 0.366 e. The Morgan fingerprint density at radius 1 is 1.30 bits per heavy atom. The second-order valence-corrected chi connectivity index (χ2v) is 6.11. The number of carbonyl (C=O) groups is 1. The molecule has 1 aromatic heterocycles. The monoisotopic (exact) mass is 290 g/mol. The number of nitrogens with zero attached hydrogens (tertiary/aromatic N) is 1. The van der Waals surface area contributed by atoms with Crippen LogP contribution in [0.25, 0.3) is 10.9 Å². The van der Waals surface area contributed by atoms with Gasteiger partial charge < -0.3 is 10.3 Å². The summed E-state index contributed by atoms with van der Waals surface area (Å²) >= 11 is 6.32. The lowest BCUT2D eigenvalue weighted by molar-refractivity contribution is 0.100. The van der Waals surface area contributed by atoms with Gasteiger partial charge in [0.1, 0.15) is 0 Å². The van der Waals surface area contributed by atoms with E-state index in [0.29, 0.717) is 16.5 Å². The molecule has 1 saturated carbocycles. The Labute approximate surface area is 123 Å². The van der Waals surface area contributed by atoms with Crippen LogP contribution in [0.3, 0.4) is 0 Å². The van der Waals surface area contributed by atoms with Crippen LogP contribution in [0.5, 0.6) is 0 Å². The smallest absolute Gasteiger partial charge is 0.250 e. The van der Waals surface area contributed by atoms with E-state index in [-0.39, 0.29) is 5.91 Å². The lowest BCUT2D eigenvalue weighted by Crippen LogP contribution is -2.14. The van der Waals surface area contributed by atoms with E-state index in [2.05, 4.69) is 4.57 Å². The fourth-order valence-electron chi connectivity index (χ4n) is 3.30. The number of carbonyl (C=O) groups excluding carboxylic acids is 1. The fourth-order valence-corrected chi connectivity index (χ4v) is 3.59. The fraction of sp³-hybridized carbons (Fsp3) is 0.438. The Kier molecular flexibility index (Phi) is 3.70. The van der Waals surface area contributed by atoms with Crippen LogP contribution in [-0.4, -0.2) is 10.5 Å². The van der Waals surface area contributed by atoms with Gasteiger partial charge >= 0.3 is 0 Å². The van der Waals surface area contributed by atoms with Gasteiger partial charge in [0.05, 0.1) is 16.1 Å². The molecular weight excluding hydrogens is 272 g/mol. The first-order chi connectivity index (χ1) is 9.66. The number of nitrogens with two attached hydrogens (primary N) is 1. The van der Waals surface area contributed by atoms with E-state index in [4.69, 9.17) is 17.3 Å². The molecule has 1 aliphatic carbocycles. The number of fused-ring (bicyclic) bond motifs is 1. The van der Waals surface area contributed by atoms with Crippen LogP contribution < -0.4 is 5.73 Å². The van der Waals surface area contributed by atoms with Crippen molar-refractivity contribution in [3.05, 3.63) is 35.0 Å². The first-order valence-electron chi connectivity index (χ1n) is 7.24. The topological polar surface area (TPSA) is 48.0 Å². The quantitative estimate of drug-likeness (QED) is 0.913. The third-order valence-corrected chi connectivity index (χ3v) is 4.60. The van der Waals surface area contributed by atoms with Crippen LogP contribution in [0.15, 0.2) is 24.4 Å². The SMILES string of the molecule is NC(=O)c1cn(CC2CCCCC2)c2c(Cl)cccc12. The zero-order valence-electron chi connectivity index (χ0n) is 11.4. The molecule has 20 heavy (non-hydrogen) atoms. The summed E-state index contributed by atoms with van der Waals surface area (Å²) in [4.78, 5) is 11.6. The van der Waals surface area contributed by atoms with Crippen LogP contribution >= 0.6 is 11.6 Å². The standard InChI is InChI=1S/C16H19ClN2O/c17-14-8-4-7-12-13(16(18)20)10-19(15(12)14)9-11-5-2-1-3-6-11/h4,7-8,10-11H,1-3,5-6,9H2,(H2,18,20). The summed E-state index contributed by atoms with van der Waals surface area (Å²) in [7, 11) is 0. The molecule has 3 nitrogen and oxygen atoms in total. The van der Waals surface area contributed by atoms with Crippen molar-refractivity contribution in [3.8, 4) is 0 Å². The van der Waals surface area contributed by atoms with Crippen LogP contribution in [0.4, 0.5) is 0 Å². The number of hydrogen-bond donors (Lipinski definition) is 1. The molecule has 4 heteroatoms. The molecule has 1 amide bonds. The lowest BCUT2D eigenvalue weighted by atomic mass is 9.89. The Balaban J connectivity index is 2.03. The Hall–Kier alpha value is -1.48. The first kappa shape index (κ1) is 13.5. The molecule has 0 atom stereocenters. The number of amides is 1. The van der Waals surface area contributed by atoms with E-state index in [1.165, 1.54) is 32.1 Å². The van der Waals surface area contributed by atoms with Crippen molar-refractivity contribution in [2.45, 2.75) is 38.6 Å². The van der Waals surface area contributed by atoms with E-state index in [1.807, 2.05) is 24.4 Å². The molecule has 0 unspecified atom stereocenters. The summed E-state index contributed by atoms with van der Waals surface area (Å²) in [5.41, 5.74) is 6.99. The van der Waals surface area contributed by atoms with Gasteiger partial charge in [-0.25, -0.2) is 0 Å². The maximum Gasteiger partial charge on any atom is 0.250 e. The van der Waals surface area contributed by atoms with E-state index in [1.54, 1.807) is 0 Å². The normalized spacial score (nSPS) is 16.6. The third kappa shape index (κ3) is 2.42. The highest BCUT2D eigenvalue weighted by molar-refractivity contribution is 6.35. The van der Waals surface area contributed by atoms with E-state index in [0.717, 1.165) is 17.4 Å². The van der Waals surface area contributed by atoms with Crippen molar-refractivity contribution in [2.24, 2.45) is 11.7 Å². The molecule has 0 saturated heterocycles. The van der Waals surface area contributed by atoms with Gasteiger partial charge in [0.2, 0.25) is 0 Å². The summed E-state index contributed by atoms with van der Waals surface area (Å²) in [5.74, 6) is 0.288. The zero-order chi connectivity index (χ0) is 14.1. The lowest BCUT2D eigenvalue weighted by Gasteiger charge is -2.22. The number of halogens is 1. The highest BCUT2D eigenvalue weighted by Crippen LogP contribution is 2.31. The van der Waals surface area contributed by atoms with Gasteiger partial charge in [0.15, 0.2) is 0 Å². The number of hydrogen-bond acceptors (Lipinski definition) is 1. The van der Waals surface area contributed by atoms with Crippen LogP contribution in [0.2, 0.25) is 5.02 Å². The van der Waals surface area contributed by atoms with Gasteiger partial charge in [-0.2, -0.15) is 0 Å². The maximum atomic E-state index is 11.6. The predicted octanol–water partition coefficient (Wildman–Crippen LogP) is 3.97. The molecular formula is C16H19ClN2O. The minimum atomic E-state index is -0.389. The average molecular weight is 291 g/mol. The summed E-state index contributed by atoms with van der Waals surface area (Å²) < 4.78 is 2.12. The summed E-state index contributed by atoms with van der Waals surface area (Å²) in [6.45, 7) is 0.924. The Morgan fingerprint density at radius 2 is 2.05 bits per heavy atom. The summed E-state index contributed by atoms with van der Waals surface area (Å²) in [6, 6.07) is 5.65. The van der Waals surface area contributed by atoms with Gasteiger partial charge in [-0.1, -0.05) is 43.0 Å². The Morgan fingerprint density at radius 3 is 2.75 bits per heavy atom. The third-order valence-electron chi connectivity index (χ3n) is 4.29. The van der Waals surface area contributed by atoms with Gasteiger partial charge in [-0.15, -0.1) is 0 Å². The minimum absolute atomic E-state index is 0.389. The molecule has 106 valence electrons. The van der Waals surface area contributed by atoms with Crippen molar-refractivity contribution in [1.29, 1.82) is 0 Å². The van der Waals surface area contributed by atoms with E-state index < -0.39 is 0 Å². The second kappa shape index (κ2) is 5.49. The van der Waals surface area contributed by atoms with Crippen LogP contribution in [-0.2, 0) is 6.54 Å².